The molecule has 4 N–H and O–H groups in total. The number of hydrogen-bond acceptors (Lipinski definition) is 4. The summed E-state index contributed by atoms with van der Waals surface area (Å²) in [4.78, 5) is 0.0718. The fourth-order valence-corrected chi connectivity index (χ4v) is 3.84. The summed E-state index contributed by atoms with van der Waals surface area (Å²) in [6.45, 7) is 1.90. The molecule has 6 heteroatoms. The third-order valence-corrected chi connectivity index (χ3v) is 5.31. The van der Waals surface area contributed by atoms with E-state index in [9.17, 15) is 13.5 Å². The number of anilines is 1. The Morgan fingerprint density at radius 3 is 2.55 bits per heavy atom. The minimum Gasteiger partial charge on any atom is -0.398 e. The smallest absolute Gasteiger partial charge is 0.242 e. The zero-order chi connectivity index (χ0) is 14.8. The quantitative estimate of drug-likeness (QED) is 0.735. The van der Waals surface area contributed by atoms with E-state index in [1.165, 1.54) is 6.07 Å². The summed E-state index contributed by atoms with van der Waals surface area (Å²) in [6, 6.07) is 4.84. The number of sulfonamides is 1. The van der Waals surface area contributed by atoms with Gasteiger partial charge in [0, 0.05) is 6.54 Å². The van der Waals surface area contributed by atoms with E-state index in [4.69, 9.17) is 5.73 Å². The number of aryl methyl sites for hydroxylation is 1. The molecule has 5 nitrogen and oxygen atoms in total. The first-order valence-corrected chi connectivity index (χ1v) is 8.39. The molecule has 0 heterocycles. The van der Waals surface area contributed by atoms with E-state index in [-0.39, 0.29) is 17.1 Å². The highest BCUT2D eigenvalue weighted by atomic mass is 32.2. The highest BCUT2D eigenvalue weighted by molar-refractivity contribution is 7.89. The Bertz CT molecular complexity index is 578. The van der Waals surface area contributed by atoms with Gasteiger partial charge in [-0.15, -0.1) is 0 Å². The van der Waals surface area contributed by atoms with Gasteiger partial charge in [-0.1, -0.05) is 25.3 Å². The Hall–Kier alpha value is -1.11. The molecule has 0 saturated heterocycles. The number of aliphatic hydroxyl groups is 1. The first-order valence-electron chi connectivity index (χ1n) is 6.91. The fourth-order valence-electron chi connectivity index (χ4n) is 2.61. The molecule has 0 radical (unpaired) electrons. The van der Waals surface area contributed by atoms with Gasteiger partial charge in [0.2, 0.25) is 10.0 Å². The number of hydrogen-bond donors (Lipinski definition) is 3. The van der Waals surface area contributed by atoms with Crippen molar-refractivity contribution in [2.45, 2.75) is 49.5 Å². The van der Waals surface area contributed by atoms with Crippen LogP contribution in [0.15, 0.2) is 23.1 Å². The largest absolute Gasteiger partial charge is 0.398 e. The van der Waals surface area contributed by atoms with Gasteiger partial charge in [0.25, 0.3) is 0 Å². The van der Waals surface area contributed by atoms with Crippen LogP contribution in [-0.4, -0.2) is 25.7 Å². The summed E-state index contributed by atoms with van der Waals surface area (Å²) >= 11 is 0. The second-order valence-corrected chi connectivity index (χ2v) is 7.39. The molecule has 0 amide bonds. The summed E-state index contributed by atoms with van der Waals surface area (Å²) in [5, 5.41) is 10.3. The molecular weight excluding hydrogens is 276 g/mol. The normalized spacial score (nSPS) is 18.9. The van der Waals surface area contributed by atoms with E-state index in [0.717, 1.165) is 24.8 Å². The average Bonchev–Trinajstić information content (AvgIpc) is 2.37. The summed E-state index contributed by atoms with van der Waals surface area (Å²) in [5.74, 6) is 0. The molecule has 0 aliphatic heterocycles. The first-order chi connectivity index (χ1) is 9.32. The van der Waals surface area contributed by atoms with Gasteiger partial charge in [-0.25, -0.2) is 13.1 Å². The summed E-state index contributed by atoms with van der Waals surface area (Å²) in [7, 11) is -3.68. The second kappa shape index (κ2) is 5.71. The molecule has 112 valence electrons. The SMILES string of the molecule is Cc1ccc(S(=O)(=O)NCC2(O)CCCCC2)c(N)c1. The minimum absolute atomic E-state index is 0.0443. The van der Waals surface area contributed by atoms with Crippen molar-refractivity contribution in [2.24, 2.45) is 0 Å². The fraction of sp³-hybridized carbons (Fsp3) is 0.571. The van der Waals surface area contributed by atoms with Crippen LogP contribution in [0.4, 0.5) is 5.69 Å². The number of nitrogens with one attached hydrogen (secondary N) is 1. The monoisotopic (exact) mass is 298 g/mol. The van der Waals surface area contributed by atoms with Crippen molar-refractivity contribution in [3.8, 4) is 0 Å². The van der Waals surface area contributed by atoms with Crippen molar-refractivity contribution >= 4 is 15.7 Å². The van der Waals surface area contributed by atoms with Gasteiger partial charge in [-0.05, 0) is 37.5 Å². The van der Waals surface area contributed by atoms with Crippen LogP contribution in [0.5, 0.6) is 0 Å². The van der Waals surface area contributed by atoms with E-state index in [1.54, 1.807) is 12.1 Å². The maximum absolute atomic E-state index is 12.2. The number of rotatable bonds is 4. The van der Waals surface area contributed by atoms with Gasteiger partial charge in [0.05, 0.1) is 11.3 Å². The van der Waals surface area contributed by atoms with Crippen LogP contribution >= 0.6 is 0 Å². The van der Waals surface area contributed by atoms with Crippen LogP contribution in [0.25, 0.3) is 0 Å². The van der Waals surface area contributed by atoms with Crippen LogP contribution in [0.1, 0.15) is 37.7 Å². The molecule has 0 unspecified atom stereocenters. The molecule has 20 heavy (non-hydrogen) atoms. The Morgan fingerprint density at radius 1 is 1.30 bits per heavy atom. The van der Waals surface area contributed by atoms with Gasteiger partial charge in [-0.2, -0.15) is 0 Å². The average molecular weight is 298 g/mol. The van der Waals surface area contributed by atoms with Gasteiger partial charge in [-0.3, -0.25) is 0 Å². The van der Waals surface area contributed by atoms with Crippen LogP contribution in [0, 0.1) is 6.92 Å². The van der Waals surface area contributed by atoms with E-state index < -0.39 is 15.6 Å². The van der Waals surface area contributed by atoms with E-state index in [0.29, 0.717) is 12.8 Å². The van der Waals surface area contributed by atoms with Crippen molar-refractivity contribution in [1.29, 1.82) is 0 Å². The summed E-state index contributed by atoms with van der Waals surface area (Å²) < 4.78 is 27.0. The van der Waals surface area contributed by atoms with E-state index >= 15 is 0 Å². The van der Waals surface area contributed by atoms with Gasteiger partial charge < -0.3 is 10.8 Å². The van der Waals surface area contributed by atoms with Crippen LogP contribution in [-0.2, 0) is 10.0 Å². The molecule has 1 aromatic rings. The Balaban J connectivity index is 2.11. The molecule has 1 aromatic carbocycles. The molecule has 0 atom stereocenters. The topological polar surface area (TPSA) is 92.4 Å². The van der Waals surface area contributed by atoms with Crippen LogP contribution in [0.2, 0.25) is 0 Å². The molecule has 0 spiro atoms. The van der Waals surface area contributed by atoms with Crippen LogP contribution in [0.3, 0.4) is 0 Å². The zero-order valence-corrected chi connectivity index (χ0v) is 12.5. The molecule has 2 rings (SSSR count). The highest BCUT2D eigenvalue weighted by Crippen LogP contribution is 2.28. The summed E-state index contributed by atoms with van der Waals surface area (Å²) in [5.41, 5.74) is 5.98. The van der Waals surface area contributed by atoms with Gasteiger partial charge >= 0.3 is 0 Å². The lowest BCUT2D eigenvalue weighted by Crippen LogP contribution is -2.44. The Kier molecular flexibility index (Phi) is 4.36. The number of benzene rings is 1. The third kappa shape index (κ3) is 3.50. The lowest BCUT2D eigenvalue weighted by Gasteiger charge is -2.32. The molecule has 0 bridgehead atoms. The highest BCUT2D eigenvalue weighted by Gasteiger charge is 2.31. The predicted octanol–water partition coefficient (Wildman–Crippen LogP) is 1.55. The van der Waals surface area contributed by atoms with Crippen LogP contribution < -0.4 is 10.5 Å². The predicted molar refractivity (Wildman–Crippen MR) is 78.8 cm³/mol. The Morgan fingerprint density at radius 2 is 1.95 bits per heavy atom. The molecule has 1 saturated carbocycles. The van der Waals surface area contributed by atoms with E-state index in [2.05, 4.69) is 4.72 Å². The van der Waals surface area contributed by atoms with Gasteiger partial charge in [0.1, 0.15) is 4.90 Å². The minimum atomic E-state index is -3.68. The third-order valence-electron chi connectivity index (χ3n) is 3.83. The van der Waals surface area contributed by atoms with Crippen molar-refractivity contribution in [2.75, 3.05) is 12.3 Å². The lowest BCUT2D eigenvalue weighted by molar-refractivity contribution is 0.00946. The zero-order valence-electron chi connectivity index (χ0n) is 11.7. The molecule has 1 aliphatic rings. The molecular formula is C14H22N2O3S. The standard InChI is InChI=1S/C14H22N2O3S/c1-11-5-6-13(12(15)9-11)20(18,19)16-10-14(17)7-3-2-4-8-14/h5-6,9,16-17H,2-4,7-8,10,15H2,1H3. The first kappa shape index (κ1) is 15.3. The maximum Gasteiger partial charge on any atom is 0.242 e. The second-order valence-electron chi connectivity index (χ2n) is 5.65. The van der Waals surface area contributed by atoms with Gasteiger partial charge in [0.15, 0.2) is 0 Å². The molecule has 1 aliphatic carbocycles. The molecule has 1 fully saturated rings. The van der Waals surface area contributed by atoms with Crippen molar-refractivity contribution in [3.63, 3.8) is 0 Å². The summed E-state index contributed by atoms with van der Waals surface area (Å²) in [6.07, 6.45) is 4.24. The van der Waals surface area contributed by atoms with E-state index in [1.807, 2.05) is 6.92 Å². The Labute approximate surface area is 120 Å². The maximum atomic E-state index is 12.2. The van der Waals surface area contributed by atoms with Crippen molar-refractivity contribution < 1.29 is 13.5 Å². The lowest BCUT2D eigenvalue weighted by atomic mass is 9.85. The van der Waals surface area contributed by atoms with Crippen molar-refractivity contribution in [1.82, 2.24) is 4.72 Å². The van der Waals surface area contributed by atoms with Crippen molar-refractivity contribution in [3.05, 3.63) is 23.8 Å². The molecule has 0 aromatic heterocycles. The number of nitrogens with two attached hydrogens (primary N) is 1. The number of nitrogen functional groups attached to an aromatic ring is 1.